The molecule has 1 aliphatic carbocycles. The molecule has 1 aliphatic rings. The molecule has 104 valence electrons. The molecule has 5 nitrogen and oxygen atoms in total. The van der Waals surface area contributed by atoms with Gasteiger partial charge in [0.05, 0.1) is 5.52 Å². The molecule has 1 saturated carbocycles. The van der Waals surface area contributed by atoms with Crippen molar-refractivity contribution in [1.29, 1.82) is 0 Å². The number of hydrogen-bond donors (Lipinski definition) is 2. The molecule has 0 unspecified atom stereocenters. The summed E-state index contributed by atoms with van der Waals surface area (Å²) in [5, 5.41) is 7.77. The lowest BCUT2D eigenvalue weighted by molar-refractivity contribution is 1.10. The third kappa shape index (κ3) is 2.63. The number of nitrogens with zero attached hydrogens (tertiary/aromatic N) is 3. The maximum atomic E-state index is 4.62. The first-order valence-corrected chi connectivity index (χ1v) is 7.09. The van der Waals surface area contributed by atoms with Gasteiger partial charge < -0.3 is 10.6 Å². The average Bonchev–Trinajstić information content (AvgIpc) is 3.32. The summed E-state index contributed by atoms with van der Waals surface area (Å²) in [6.45, 7) is 0. The summed E-state index contributed by atoms with van der Waals surface area (Å²) in [4.78, 5) is 13.2. The summed E-state index contributed by atoms with van der Waals surface area (Å²) in [6.07, 6.45) is 5.91. The van der Waals surface area contributed by atoms with Gasteiger partial charge in [0.15, 0.2) is 0 Å². The average molecular weight is 277 g/mol. The molecule has 0 saturated heterocycles. The van der Waals surface area contributed by atoms with Crippen LogP contribution in [0, 0.1) is 0 Å². The molecular weight excluding hydrogens is 262 g/mol. The van der Waals surface area contributed by atoms with Gasteiger partial charge >= 0.3 is 0 Å². The minimum absolute atomic E-state index is 0.553. The minimum atomic E-state index is 0.553. The van der Waals surface area contributed by atoms with Crippen molar-refractivity contribution in [1.82, 2.24) is 15.0 Å². The van der Waals surface area contributed by atoms with Crippen molar-refractivity contribution in [2.24, 2.45) is 0 Å². The highest BCUT2D eigenvalue weighted by Gasteiger charge is 2.22. The number of aromatic nitrogens is 3. The normalized spacial score (nSPS) is 14.1. The largest absolute Gasteiger partial charge is 0.367 e. The molecule has 1 fully saturated rings. The molecule has 5 heteroatoms. The van der Waals surface area contributed by atoms with Crippen LogP contribution in [0.4, 0.5) is 17.5 Å². The van der Waals surface area contributed by atoms with Gasteiger partial charge in [-0.1, -0.05) is 12.1 Å². The second-order valence-corrected chi connectivity index (χ2v) is 5.19. The number of hydrogen-bond acceptors (Lipinski definition) is 5. The Morgan fingerprint density at radius 1 is 0.952 bits per heavy atom. The first-order valence-electron chi connectivity index (χ1n) is 7.09. The molecule has 0 radical (unpaired) electrons. The van der Waals surface area contributed by atoms with Crippen LogP contribution >= 0.6 is 0 Å². The van der Waals surface area contributed by atoms with Gasteiger partial charge in [0.2, 0.25) is 5.95 Å². The summed E-state index contributed by atoms with van der Waals surface area (Å²) in [7, 11) is 0. The van der Waals surface area contributed by atoms with E-state index in [1.54, 1.807) is 12.4 Å². The molecule has 21 heavy (non-hydrogen) atoms. The number of rotatable bonds is 4. The maximum absolute atomic E-state index is 4.62. The van der Waals surface area contributed by atoms with Crippen LogP contribution in [0.15, 0.2) is 48.8 Å². The van der Waals surface area contributed by atoms with Crippen LogP contribution in [0.2, 0.25) is 0 Å². The maximum Gasteiger partial charge on any atom is 0.229 e. The van der Waals surface area contributed by atoms with Crippen LogP contribution in [0.5, 0.6) is 0 Å². The lowest BCUT2D eigenvalue weighted by Gasteiger charge is -2.11. The highest BCUT2D eigenvalue weighted by atomic mass is 15.2. The fourth-order valence-corrected chi connectivity index (χ4v) is 2.23. The second kappa shape index (κ2) is 5.01. The van der Waals surface area contributed by atoms with Crippen molar-refractivity contribution in [3.63, 3.8) is 0 Å². The molecule has 3 aromatic rings. The van der Waals surface area contributed by atoms with Crippen molar-refractivity contribution in [3.05, 3.63) is 48.8 Å². The third-order valence-electron chi connectivity index (χ3n) is 3.46. The van der Waals surface area contributed by atoms with Gasteiger partial charge in [0, 0.05) is 29.5 Å². The number of anilines is 3. The van der Waals surface area contributed by atoms with E-state index < -0.39 is 0 Å². The van der Waals surface area contributed by atoms with Gasteiger partial charge in [-0.3, -0.25) is 4.98 Å². The Kier molecular flexibility index (Phi) is 2.88. The SMILES string of the molecule is c1ccc2c(NC3CC3)nc(Nc3ccncc3)nc2c1. The number of benzene rings is 1. The highest BCUT2D eigenvalue weighted by Crippen LogP contribution is 2.29. The van der Waals surface area contributed by atoms with Crippen LogP contribution in [-0.2, 0) is 0 Å². The number of pyridine rings is 1. The molecule has 2 N–H and O–H groups in total. The van der Waals surface area contributed by atoms with Gasteiger partial charge in [-0.25, -0.2) is 4.98 Å². The summed E-state index contributed by atoms with van der Waals surface area (Å²) in [5.74, 6) is 1.50. The predicted octanol–water partition coefficient (Wildman–Crippen LogP) is 3.34. The van der Waals surface area contributed by atoms with Gasteiger partial charge in [-0.2, -0.15) is 4.98 Å². The molecule has 2 heterocycles. The summed E-state index contributed by atoms with van der Waals surface area (Å²) in [5.41, 5.74) is 1.87. The first-order chi connectivity index (χ1) is 10.4. The van der Waals surface area contributed by atoms with Crippen LogP contribution in [-0.4, -0.2) is 21.0 Å². The topological polar surface area (TPSA) is 62.7 Å². The number of nitrogens with one attached hydrogen (secondary N) is 2. The molecule has 0 spiro atoms. The minimum Gasteiger partial charge on any atom is -0.367 e. The zero-order chi connectivity index (χ0) is 14.1. The summed E-state index contributed by atoms with van der Waals surface area (Å²) >= 11 is 0. The summed E-state index contributed by atoms with van der Waals surface area (Å²) in [6, 6.07) is 12.4. The highest BCUT2D eigenvalue weighted by molar-refractivity contribution is 5.90. The fraction of sp³-hybridized carbons (Fsp3) is 0.188. The second-order valence-electron chi connectivity index (χ2n) is 5.19. The Bertz CT molecular complexity index is 768. The van der Waals surface area contributed by atoms with E-state index in [2.05, 4.69) is 31.7 Å². The van der Waals surface area contributed by atoms with Crippen molar-refractivity contribution in [3.8, 4) is 0 Å². The van der Waals surface area contributed by atoms with Crippen molar-refractivity contribution >= 4 is 28.4 Å². The molecule has 1 aromatic carbocycles. The van der Waals surface area contributed by atoms with Gasteiger partial charge in [0.1, 0.15) is 5.82 Å². The Hall–Kier alpha value is -2.69. The third-order valence-corrected chi connectivity index (χ3v) is 3.46. The Balaban J connectivity index is 1.74. The molecular formula is C16H15N5. The van der Waals surface area contributed by atoms with E-state index in [0.29, 0.717) is 12.0 Å². The predicted molar refractivity (Wildman–Crippen MR) is 83.7 cm³/mol. The van der Waals surface area contributed by atoms with Crippen LogP contribution in [0.1, 0.15) is 12.8 Å². The van der Waals surface area contributed by atoms with E-state index in [0.717, 1.165) is 22.4 Å². The molecule has 2 aromatic heterocycles. The van der Waals surface area contributed by atoms with Crippen LogP contribution in [0.3, 0.4) is 0 Å². The first kappa shape index (κ1) is 12.1. The van der Waals surface area contributed by atoms with Gasteiger partial charge in [-0.15, -0.1) is 0 Å². The Morgan fingerprint density at radius 3 is 2.57 bits per heavy atom. The van der Waals surface area contributed by atoms with Crippen LogP contribution in [0.25, 0.3) is 10.9 Å². The quantitative estimate of drug-likeness (QED) is 0.765. The van der Waals surface area contributed by atoms with E-state index in [4.69, 9.17) is 0 Å². The van der Waals surface area contributed by atoms with Crippen LogP contribution < -0.4 is 10.6 Å². The number of fused-ring (bicyclic) bond motifs is 1. The smallest absolute Gasteiger partial charge is 0.229 e. The fourth-order valence-electron chi connectivity index (χ4n) is 2.23. The van der Waals surface area contributed by atoms with E-state index in [1.165, 1.54) is 12.8 Å². The molecule has 0 atom stereocenters. The zero-order valence-corrected chi connectivity index (χ0v) is 11.5. The lowest BCUT2D eigenvalue weighted by atomic mass is 10.2. The monoisotopic (exact) mass is 277 g/mol. The molecule has 0 bridgehead atoms. The molecule has 0 amide bonds. The van der Waals surface area contributed by atoms with Crippen molar-refractivity contribution < 1.29 is 0 Å². The Morgan fingerprint density at radius 2 is 1.76 bits per heavy atom. The van der Waals surface area contributed by atoms with E-state index in [-0.39, 0.29) is 0 Å². The lowest BCUT2D eigenvalue weighted by Crippen LogP contribution is -2.07. The summed E-state index contributed by atoms with van der Waals surface area (Å²) < 4.78 is 0. The van der Waals surface area contributed by atoms with E-state index in [1.807, 2.05) is 30.3 Å². The van der Waals surface area contributed by atoms with Gasteiger partial charge in [-0.05, 0) is 37.1 Å². The Labute approximate surface area is 122 Å². The molecule has 0 aliphatic heterocycles. The zero-order valence-electron chi connectivity index (χ0n) is 11.5. The van der Waals surface area contributed by atoms with E-state index in [9.17, 15) is 0 Å². The standard InChI is InChI=1S/C16H15N5/c1-2-4-14-13(3-1)15(18-11-5-6-11)21-16(20-14)19-12-7-9-17-10-8-12/h1-4,7-11H,5-6H2,(H2,17,18,19,20,21). The molecule has 4 rings (SSSR count). The van der Waals surface area contributed by atoms with Gasteiger partial charge in [0.25, 0.3) is 0 Å². The van der Waals surface area contributed by atoms with Crippen molar-refractivity contribution in [2.45, 2.75) is 18.9 Å². The van der Waals surface area contributed by atoms with Crippen molar-refractivity contribution in [2.75, 3.05) is 10.6 Å². The van der Waals surface area contributed by atoms with E-state index >= 15 is 0 Å². The number of para-hydroxylation sites is 1.